The molecule has 2 aromatic carbocycles. The van der Waals surface area contributed by atoms with E-state index < -0.39 is 30.6 Å². The summed E-state index contributed by atoms with van der Waals surface area (Å²) in [6, 6.07) is 14.2. The topological polar surface area (TPSA) is 81.7 Å². The van der Waals surface area contributed by atoms with Gasteiger partial charge in [0.25, 0.3) is 0 Å². The molecule has 1 atom stereocenters. The first-order valence-corrected chi connectivity index (χ1v) is 7.90. The van der Waals surface area contributed by atoms with Crippen molar-refractivity contribution >= 4 is 18.1 Å². The number of hydrogen-bond donors (Lipinski definition) is 1. The van der Waals surface area contributed by atoms with Crippen LogP contribution in [0.2, 0.25) is 0 Å². The molecule has 0 aliphatic rings. The summed E-state index contributed by atoms with van der Waals surface area (Å²) >= 11 is 0. The summed E-state index contributed by atoms with van der Waals surface area (Å²) < 4.78 is 23.0. The number of benzene rings is 2. The summed E-state index contributed by atoms with van der Waals surface area (Å²) in [6.45, 7) is -0.0519. The summed E-state index contributed by atoms with van der Waals surface area (Å²) in [5.41, 5.74) is 1.48. The highest BCUT2D eigenvalue weighted by molar-refractivity contribution is 5.85. The lowest BCUT2D eigenvalue weighted by Gasteiger charge is -2.13. The van der Waals surface area contributed by atoms with Crippen molar-refractivity contribution < 1.29 is 28.2 Å². The molecule has 0 unspecified atom stereocenters. The Morgan fingerprint density at radius 1 is 0.846 bits per heavy atom. The lowest BCUT2D eigenvalue weighted by atomic mass is 10.2. The van der Waals surface area contributed by atoms with E-state index in [0.29, 0.717) is 0 Å². The molecule has 0 fully saturated rings. The number of rotatable bonds is 8. The minimum atomic E-state index is -1.85. The molecule has 1 N–H and O–H groups in total. The highest BCUT2D eigenvalue weighted by atomic mass is 19.1. The fourth-order valence-corrected chi connectivity index (χ4v) is 2.06. The maximum absolute atomic E-state index is 13.1. The molecule has 2 rings (SSSR count). The maximum Gasteiger partial charge on any atom is 0.408 e. The van der Waals surface area contributed by atoms with Crippen LogP contribution in [0.25, 0.3) is 0 Å². The van der Waals surface area contributed by atoms with Gasteiger partial charge in [-0.1, -0.05) is 60.7 Å². The average molecular weight is 359 g/mol. The molecule has 0 saturated carbocycles. The minimum Gasteiger partial charge on any atom is -0.461 e. The third-order valence-electron chi connectivity index (χ3n) is 3.39. The van der Waals surface area contributed by atoms with Crippen molar-refractivity contribution in [2.45, 2.75) is 25.7 Å². The summed E-state index contributed by atoms with van der Waals surface area (Å²) in [5.74, 6) is -0.812. The van der Waals surface area contributed by atoms with Crippen LogP contribution < -0.4 is 5.32 Å². The van der Waals surface area contributed by atoms with Crippen LogP contribution in [0.1, 0.15) is 17.5 Å². The first-order valence-electron chi connectivity index (χ1n) is 7.90. The molecule has 2 aromatic rings. The number of nitrogens with one attached hydrogen (secondary N) is 1. The third-order valence-corrected chi connectivity index (χ3v) is 3.39. The molecule has 26 heavy (non-hydrogen) atoms. The van der Waals surface area contributed by atoms with Gasteiger partial charge >= 0.3 is 18.1 Å². The summed E-state index contributed by atoms with van der Waals surface area (Å²) in [5, 5.41) is 2.03. The van der Waals surface area contributed by atoms with Gasteiger partial charge in [-0.05, 0) is 11.1 Å². The normalized spacial score (nSPS) is 11.3. The Hall–Kier alpha value is -3.22. The highest BCUT2D eigenvalue weighted by Crippen LogP contribution is 2.05. The Bertz CT molecular complexity index is 679. The monoisotopic (exact) mass is 359 g/mol. The number of hydrogen-bond acceptors (Lipinski definition) is 5. The zero-order chi connectivity index (χ0) is 18.8. The van der Waals surface area contributed by atoms with E-state index in [2.05, 4.69) is 0 Å². The van der Waals surface area contributed by atoms with Crippen LogP contribution >= 0.6 is 0 Å². The van der Waals surface area contributed by atoms with Gasteiger partial charge in [-0.3, -0.25) is 9.59 Å². The maximum atomic E-state index is 13.1. The van der Waals surface area contributed by atoms with Crippen LogP contribution in [0.5, 0.6) is 0 Å². The van der Waals surface area contributed by atoms with Gasteiger partial charge in [0.05, 0.1) is 6.42 Å². The molecule has 0 aromatic heterocycles. The second-order valence-electron chi connectivity index (χ2n) is 5.41. The lowest BCUT2D eigenvalue weighted by molar-refractivity contribution is -0.148. The Balaban J connectivity index is 1.78. The molecule has 0 saturated heterocycles. The first kappa shape index (κ1) is 19.1. The molecule has 1 amide bonds. The number of halogens is 1. The molecule has 0 heterocycles. The predicted molar refractivity (Wildman–Crippen MR) is 90.5 cm³/mol. The van der Waals surface area contributed by atoms with Crippen molar-refractivity contribution in [3.8, 4) is 0 Å². The standard InChI is InChI=1S/C19H18FNO5/c20-18(23)16(11-17(22)25-12-14-7-3-1-4-8-14)21-19(24)26-13-15-9-5-2-6-10-15/h1-10,16H,11-13H2,(H,21,24)/t16-/m0/s1. The number of ether oxygens (including phenoxy) is 2. The number of esters is 1. The SMILES string of the molecule is O=C(C[C@H](NC(=O)OCc1ccccc1)C(=O)F)OCc1ccccc1. The van der Waals surface area contributed by atoms with E-state index in [1.54, 1.807) is 48.5 Å². The van der Waals surface area contributed by atoms with Gasteiger partial charge in [0.15, 0.2) is 0 Å². The van der Waals surface area contributed by atoms with E-state index in [1.807, 2.05) is 17.4 Å². The van der Waals surface area contributed by atoms with E-state index in [-0.39, 0.29) is 13.2 Å². The van der Waals surface area contributed by atoms with Crippen molar-refractivity contribution in [3.63, 3.8) is 0 Å². The predicted octanol–water partition coefficient (Wildman–Crippen LogP) is 2.91. The smallest absolute Gasteiger partial charge is 0.408 e. The second-order valence-corrected chi connectivity index (χ2v) is 5.41. The zero-order valence-corrected chi connectivity index (χ0v) is 13.9. The average Bonchev–Trinajstić information content (AvgIpc) is 2.66. The van der Waals surface area contributed by atoms with Gasteiger partial charge in [-0.25, -0.2) is 4.79 Å². The second kappa shape index (κ2) is 9.93. The lowest BCUT2D eigenvalue weighted by Crippen LogP contribution is -2.41. The first-order chi connectivity index (χ1) is 12.5. The molecular weight excluding hydrogens is 341 g/mol. The Morgan fingerprint density at radius 2 is 1.35 bits per heavy atom. The van der Waals surface area contributed by atoms with Crippen LogP contribution in [0.15, 0.2) is 60.7 Å². The molecule has 0 aliphatic heterocycles. The van der Waals surface area contributed by atoms with Crippen molar-refractivity contribution in [3.05, 3.63) is 71.8 Å². The number of alkyl carbamates (subject to hydrolysis) is 1. The minimum absolute atomic E-state index is 0.00861. The summed E-state index contributed by atoms with van der Waals surface area (Å²) in [7, 11) is 0. The van der Waals surface area contributed by atoms with Gasteiger partial charge in [0, 0.05) is 0 Å². The van der Waals surface area contributed by atoms with E-state index >= 15 is 0 Å². The van der Waals surface area contributed by atoms with E-state index in [9.17, 15) is 18.8 Å². The fourth-order valence-electron chi connectivity index (χ4n) is 2.06. The van der Waals surface area contributed by atoms with Crippen molar-refractivity contribution in [2.24, 2.45) is 0 Å². The molecule has 136 valence electrons. The zero-order valence-electron chi connectivity index (χ0n) is 13.9. The van der Waals surface area contributed by atoms with Crippen molar-refractivity contribution in [1.82, 2.24) is 5.32 Å². The van der Waals surface area contributed by atoms with Crippen molar-refractivity contribution in [1.29, 1.82) is 0 Å². The van der Waals surface area contributed by atoms with Gasteiger partial charge in [-0.2, -0.15) is 4.39 Å². The van der Waals surface area contributed by atoms with Crippen LogP contribution in [0.4, 0.5) is 9.18 Å². The highest BCUT2D eigenvalue weighted by Gasteiger charge is 2.25. The van der Waals surface area contributed by atoms with Gasteiger partial charge in [-0.15, -0.1) is 0 Å². The molecule has 7 heteroatoms. The van der Waals surface area contributed by atoms with Crippen LogP contribution in [-0.2, 0) is 32.3 Å². The summed E-state index contributed by atoms with van der Waals surface area (Å²) in [6.07, 6.45) is -1.62. The van der Waals surface area contributed by atoms with Crippen LogP contribution in [-0.4, -0.2) is 24.1 Å². The Labute approximate surface area is 149 Å². The third kappa shape index (κ3) is 6.72. The molecule has 0 spiro atoms. The van der Waals surface area contributed by atoms with Crippen molar-refractivity contribution in [2.75, 3.05) is 0 Å². The fraction of sp³-hybridized carbons (Fsp3) is 0.211. The number of carbonyl (C=O) groups excluding carboxylic acids is 3. The Morgan fingerprint density at radius 3 is 1.85 bits per heavy atom. The molecular formula is C19H18FNO5. The molecule has 0 aliphatic carbocycles. The van der Waals surface area contributed by atoms with Gasteiger partial charge < -0.3 is 14.8 Å². The number of carbonyl (C=O) groups is 3. The largest absolute Gasteiger partial charge is 0.461 e. The van der Waals surface area contributed by atoms with Crippen LogP contribution in [0, 0.1) is 0 Å². The van der Waals surface area contributed by atoms with Crippen LogP contribution in [0.3, 0.4) is 0 Å². The molecule has 0 radical (unpaired) electrons. The van der Waals surface area contributed by atoms with E-state index in [4.69, 9.17) is 9.47 Å². The number of amides is 1. The van der Waals surface area contributed by atoms with Gasteiger partial charge in [0.1, 0.15) is 19.3 Å². The van der Waals surface area contributed by atoms with E-state index in [0.717, 1.165) is 11.1 Å². The Kier molecular flexibility index (Phi) is 7.30. The molecule has 6 nitrogen and oxygen atoms in total. The quantitative estimate of drug-likeness (QED) is 0.579. The summed E-state index contributed by atoms with van der Waals surface area (Å²) in [4.78, 5) is 34.5. The van der Waals surface area contributed by atoms with Gasteiger partial charge in [0.2, 0.25) is 0 Å². The van der Waals surface area contributed by atoms with E-state index in [1.165, 1.54) is 0 Å². The molecule has 0 bridgehead atoms.